The van der Waals surface area contributed by atoms with Crippen LogP contribution in [0.3, 0.4) is 0 Å². The van der Waals surface area contributed by atoms with Gasteiger partial charge in [-0.25, -0.2) is 4.68 Å². The highest BCUT2D eigenvalue weighted by Crippen LogP contribution is 2.19. The first-order chi connectivity index (χ1) is 15.2. The van der Waals surface area contributed by atoms with Crippen molar-refractivity contribution in [1.29, 1.82) is 0 Å². The maximum Gasteiger partial charge on any atom is 0.263 e. The number of hydrogen-bond acceptors (Lipinski definition) is 5. The van der Waals surface area contributed by atoms with Crippen molar-refractivity contribution in [1.82, 2.24) is 24.6 Å². The Balaban J connectivity index is 1.28. The van der Waals surface area contributed by atoms with Crippen molar-refractivity contribution in [2.75, 3.05) is 18.4 Å². The molecular weight excluding hydrogens is 388 g/mol. The normalized spacial score (nSPS) is 15.4. The monoisotopic (exact) mass is 414 g/mol. The van der Waals surface area contributed by atoms with E-state index in [9.17, 15) is 4.79 Å². The van der Waals surface area contributed by atoms with Crippen molar-refractivity contribution < 1.29 is 0 Å². The summed E-state index contributed by atoms with van der Waals surface area (Å²) in [7, 11) is 0. The predicted octanol–water partition coefficient (Wildman–Crippen LogP) is 3.49. The van der Waals surface area contributed by atoms with Crippen LogP contribution >= 0.6 is 0 Å². The molecule has 1 fully saturated rings. The van der Waals surface area contributed by atoms with Crippen molar-refractivity contribution in [2.45, 2.75) is 32.4 Å². The number of aromatic nitrogens is 4. The fourth-order valence-corrected chi connectivity index (χ4v) is 4.24. The molecular formula is C24H26N6O. The molecule has 0 bridgehead atoms. The molecule has 0 amide bonds. The number of benzene rings is 2. The number of rotatable bonds is 5. The molecule has 1 aliphatic rings. The minimum absolute atomic E-state index is 0.174. The predicted molar refractivity (Wildman–Crippen MR) is 123 cm³/mol. The smallest absolute Gasteiger partial charge is 0.263 e. The summed E-state index contributed by atoms with van der Waals surface area (Å²) in [4.78, 5) is 22.6. The fourth-order valence-electron chi connectivity index (χ4n) is 4.24. The van der Waals surface area contributed by atoms with Gasteiger partial charge in [0.05, 0.1) is 11.9 Å². The lowest BCUT2D eigenvalue weighted by Crippen LogP contribution is -2.39. The SMILES string of the molecule is Cc1cccc(CN2CCC(Nc3nc4c(cnn4-c4ccccc4)c(=O)[nH]3)CC2)c1. The molecule has 0 spiro atoms. The van der Waals surface area contributed by atoms with Crippen LogP contribution in [-0.2, 0) is 6.54 Å². The second-order valence-electron chi connectivity index (χ2n) is 8.23. The Kier molecular flexibility index (Phi) is 5.26. The number of nitrogens with zero attached hydrogens (tertiary/aromatic N) is 4. The summed E-state index contributed by atoms with van der Waals surface area (Å²) >= 11 is 0. The lowest BCUT2D eigenvalue weighted by atomic mass is 10.0. The van der Waals surface area contributed by atoms with Crippen LogP contribution in [-0.4, -0.2) is 43.8 Å². The van der Waals surface area contributed by atoms with Crippen molar-refractivity contribution in [3.05, 3.63) is 82.3 Å². The zero-order chi connectivity index (χ0) is 21.2. The quantitative estimate of drug-likeness (QED) is 0.523. The zero-order valence-corrected chi connectivity index (χ0v) is 17.6. The summed E-state index contributed by atoms with van der Waals surface area (Å²) < 4.78 is 1.71. The number of H-pyrrole nitrogens is 1. The minimum Gasteiger partial charge on any atom is -0.353 e. The van der Waals surface area contributed by atoms with Gasteiger partial charge in [0.1, 0.15) is 5.39 Å². The van der Waals surface area contributed by atoms with E-state index in [1.807, 2.05) is 30.3 Å². The molecule has 1 saturated heterocycles. The molecule has 158 valence electrons. The van der Waals surface area contributed by atoms with Gasteiger partial charge in [0.2, 0.25) is 5.95 Å². The molecule has 4 aromatic rings. The highest BCUT2D eigenvalue weighted by Gasteiger charge is 2.20. The van der Waals surface area contributed by atoms with Gasteiger partial charge in [0, 0.05) is 25.7 Å². The van der Waals surface area contributed by atoms with Crippen LogP contribution in [0, 0.1) is 6.92 Å². The van der Waals surface area contributed by atoms with E-state index >= 15 is 0 Å². The largest absolute Gasteiger partial charge is 0.353 e. The van der Waals surface area contributed by atoms with Gasteiger partial charge in [-0.1, -0.05) is 48.0 Å². The number of fused-ring (bicyclic) bond motifs is 1. The van der Waals surface area contributed by atoms with Crippen LogP contribution in [0.4, 0.5) is 5.95 Å². The Hall–Kier alpha value is -3.45. The first kappa shape index (κ1) is 19.5. The highest BCUT2D eigenvalue weighted by atomic mass is 16.1. The van der Waals surface area contributed by atoms with Crippen LogP contribution in [0.2, 0.25) is 0 Å². The van der Waals surface area contributed by atoms with E-state index in [-0.39, 0.29) is 11.6 Å². The number of aromatic amines is 1. The standard InChI is InChI=1S/C24H26N6O/c1-17-6-5-7-18(14-17)16-29-12-10-19(11-13-29)26-24-27-22-21(23(31)28-24)15-25-30(22)20-8-3-2-4-9-20/h2-9,14-15,19H,10-13,16H2,1H3,(H2,26,27,28,31). The Morgan fingerprint density at radius 3 is 2.68 bits per heavy atom. The van der Waals surface area contributed by atoms with Gasteiger partial charge >= 0.3 is 0 Å². The van der Waals surface area contributed by atoms with Crippen molar-refractivity contribution in [3.63, 3.8) is 0 Å². The van der Waals surface area contributed by atoms with Crippen LogP contribution < -0.4 is 10.9 Å². The third-order valence-corrected chi connectivity index (χ3v) is 5.86. The Morgan fingerprint density at radius 1 is 1.10 bits per heavy atom. The van der Waals surface area contributed by atoms with Gasteiger partial charge in [0.25, 0.3) is 5.56 Å². The zero-order valence-electron chi connectivity index (χ0n) is 17.6. The maximum absolute atomic E-state index is 12.6. The van der Waals surface area contributed by atoms with Crippen LogP contribution in [0.5, 0.6) is 0 Å². The molecule has 0 saturated carbocycles. The number of nitrogens with one attached hydrogen (secondary N) is 2. The number of piperidine rings is 1. The minimum atomic E-state index is -0.174. The first-order valence-electron chi connectivity index (χ1n) is 10.7. The average Bonchev–Trinajstić information content (AvgIpc) is 3.20. The summed E-state index contributed by atoms with van der Waals surface area (Å²) in [5, 5.41) is 8.30. The first-order valence-corrected chi connectivity index (χ1v) is 10.7. The van der Waals surface area contributed by atoms with Crippen molar-refractivity contribution >= 4 is 17.0 Å². The summed E-state index contributed by atoms with van der Waals surface area (Å²) in [6, 6.07) is 18.7. The number of hydrogen-bond donors (Lipinski definition) is 2. The van der Waals surface area contributed by atoms with E-state index in [2.05, 4.69) is 56.5 Å². The maximum atomic E-state index is 12.6. The molecule has 5 rings (SSSR count). The average molecular weight is 415 g/mol. The number of aryl methyl sites for hydroxylation is 1. The van der Waals surface area contributed by atoms with E-state index in [0.29, 0.717) is 17.0 Å². The molecule has 2 N–H and O–H groups in total. The highest BCUT2D eigenvalue weighted by molar-refractivity contribution is 5.76. The topological polar surface area (TPSA) is 78.8 Å². The van der Waals surface area contributed by atoms with E-state index in [1.54, 1.807) is 10.9 Å². The fraction of sp³-hybridized carbons (Fsp3) is 0.292. The third-order valence-electron chi connectivity index (χ3n) is 5.86. The number of para-hydroxylation sites is 1. The summed E-state index contributed by atoms with van der Waals surface area (Å²) in [5.41, 5.74) is 3.93. The van der Waals surface area contributed by atoms with Gasteiger partial charge in [0.15, 0.2) is 5.65 Å². The molecule has 2 aromatic heterocycles. The van der Waals surface area contributed by atoms with Gasteiger partial charge < -0.3 is 5.32 Å². The third kappa shape index (κ3) is 4.22. The molecule has 0 atom stereocenters. The summed E-state index contributed by atoms with van der Waals surface area (Å²) in [6.07, 6.45) is 3.58. The van der Waals surface area contributed by atoms with E-state index in [4.69, 9.17) is 0 Å². The van der Waals surface area contributed by atoms with E-state index < -0.39 is 0 Å². The molecule has 0 aliphatic carbocycles. The van der Waals surface area contributed by atoms with Gasteiger partial charge in [-0.3, -0.25) is 14.7 Å². The Morgan fingerprint density at radius 2 is 1.90 bits per heavy atom. The molecule has 7 nitrogen and oxygen atoms in total. The lowest BCUT2D eigenvalue weighted by Gasteiger charge is -2.32. The molecule has 7 heteroatoms. The van der Waals surface area contributed by atoms with E-state index in [1.165, 1.54) is 11.1 Å². The lowest BCUT2D eigenvalue weighted by molar-refractivity contribution is 0.211. The van der Waals surface area contributed by atoms with Gasteiger partial charge in [-0.15, -0.1) is 0 Å². The van der Waals surface area contributed by atoms with Crippen LogP contribution in [0.25, 0.3) is 16.7 Å². The second kappa shape index (κ2) is 8.35. The second-order valence-corrected chi connectivity index (χ2v) is 8.23. The molecule has 0 radical (unpaired) electrons. The van der Waals surface area contributed by atoms with Gasteiger partial charge in [-0.05, 0) is 37.5 Å². The molecule has 31 heavy (non-hydrogen) atoms. The molecule has 2 aromatic carbocycles. The number of likely N-dealkylation sites (tertiary alicyclic amines) is 1. The Labute approximate surface area is 180 Å². The number of anilines is 1. The van der Waals surface area contributed by atoms with E-state index in [0.717, 1.165) is 38.2 Å². The Bertz CT molecular complexity index is 1240. The summed E-state index contributed by atoms with van der Waals surface area (Å²) in [5.74, 6) is 0.507. The van der Waals surface area contributed by atoms with Crippen LogP contribution in [0.15, 0.2) is 65.6 Å². The van der Waals surface area contributed by atoms with Crippen molar-refractivity contribution in [3.8, 4) is 5.69 Å². The van der Waals surface area contributed by atoms with Gasteiger partial charge in [-0.2, -0.15) is 10.1 Å². The van der Waals surface area contributed by atoms with Crippen molar-refractivity contribution in [2.24, 2.45) is 0 Å². The molecule has 0 unspecified atom stereocenters. The molecule has 1 aliphatic heterocycles. The van der Waals surface area contributed by atoms with Crippen LogP contribution in [0.1, 0.15) is 24.0 Å². The summed E-state index contributed by atoms with van der Waals surface area (Å²) in [6.45, 7) is 5.14. The molecule has 3 heterocycles.